The molecule has 114 valence electrons. The van der Waals surface area contributed by atoms with E-state index in [1.807, 2.05) is 13.8 Å². The van der Waals surface area contributed by atoms with Crippen molar-refractivity contribution in [3.8, 4) is 0 Å². The van der Waals surface area contributed by atoms with Crippen LogP contribution in [0.2, 0.25) is 0 Å². The smallest absolute Gasteiger partial charge is 0.308 e. The maximum atomic E-state index is 11.9. The van der Waals surface area contributed by atoms with Crippen molar-refractivity contribution in [1.29, 1.82) is 0 Å². The van der Waals surface area contributed by atoms with Crippen molar-refractivity contribution >= 4 is 17.8 Å². The Morgan fingerprint density at radius 2 is 1.85 bits per heavy atom. The average Bonchev–Trinajstić information content (AvgIpc) is 2.89. The molecule has 0 bridgehead atoms. The Labute approximate surface area is 119 Å². The van der Waals surface area contributed by atoms with Crippen molar-refractivity contribution in [3.05, 3.63) is 0 Å². The van der Waals surface area contributed by atoms with Gasteiger partial charge < -0.3 is 14.9 Å². The van der Waals surface area contributed by atoms with Gasteiger partial charge in [-0.2, -0.15) is 0 Å². The van der Waals surface area contributed by atoms with E-state index in [4.69, 9.17) is 5.11 Å². The Kier molecular flexibility index (Phi) is 6.48. The number of likely N-dealkylation sites (tertiary alicyclic amines) is 1. The largest absolute Gasteiger partial charge is 0.481 e. The van der Waals surface area contributed by atoms with Gasteiger partial charge in [-0.05, 0) is 26.7 Å². The zero-order chi connectivity index (χ0) is 15.1. The van der Waals surface area contributed by atoms with Gasteiger partial charge in [0.25, 0.3) is 0 Å². The van der Waals surface area contributed by atoms with Crippen molar-refractivity contribution < 1.29 is 19.5 Å². The first-order valence-electron chi connectivity index (χ1n) is 7.27. The number of aliphatic carboxylic acids is 1. The van der Waals surface area contributed by atoms with E-state index in [1.54, 1.807) is 9.80 Å². The molecule has 1 rings (SSSR count). The monoisotopic (exact) mass is 284 g/mol. The summed E-state index contributed by atoms with van der Waals surface area (Å²) in [6.45, 7) is 6.06. The molecule has 0 aromatic carbocycles. The normalized spacial score (nSPS) is 18.1. The standard InChI is InChI=1S/C14H24N2O4/c1-3-15(4-2)12(17)6-5-7-13(18)16-9-8-11(10-16)14(19)20/h11H,3-10H2,1-2H3,(H,19,20). The number of hydrogen-bond donors (Lipinski definition) is 1. The fourth-order valence-electron chi connectivity index (χ4n) is 2.47. The number of rotatable bonds is 7. The molecule has 0 saturated carbocycles. The quantitative estimate of drug-likeness (QED) is 0.755. The summed E-state index contributed by atoms with van der Waals surface area (Å²) in [5, 5.41) is 8.89. The molecule has 1 heterocycles. The summed E-state index contributed by atoms with van der Waals surface area (Å²) in [7, 11) is 0. The first-order chi connectivity index (χ1) is 9.49. The molecule has 1 unspecified atom stereocenters. The summed E-state index contributed by atoms with van der Waals surface area (Å²) in [5.74, 6) is -1.23. The van der Waals surface area contributed by atoms with Crippen LogP contribution in [-0.2, 0) is 14.4 Å². The molecule has 1 aliphatic heterocycles. The Morgan fingerprint density at radius 1 is 1.20 bits per heavy atom. The van der Waals surface area contributed by atoms with Crippen LogP contribution in [0, 0.1) is 5.92 Å². The molecule has 0 spiro atoms. The fraction of sp³-hybridized carbons (Fsp3) is 0.786. The van der Waals surface area contributed by atoms with Crippen LogP contribution < -0.4 is 0 Å². The molecule has 6 nitrogen and oxygen atoms in total. The molecule has 0 radical (unpaired) electrons. The summed E-state index contributed by atoms with van der Waals surface area (Å²) in [4.78, 5) is 37.9. The van der Waals surface area contributed by atoms with Crippen LogP contribution in [0.5, 0.6) is 0 Å². The van der Waals surface area contributed by atoms with Gasteiger partial charge in [-0.25, -0.2) is 0 Å². The minimum absolute atomic E-state index is 0.0407. The van der Waals surface area contributed by atoms with Crippen LogP contribution in [0.25, 0.3) is 0 Å². The van der Waals surface area contributed by atoms with Gasteiger partial charge in [0, 0.05) is 39.0 Å². The van der Waals surface area contributed by atoms with Crippen LogP contribution in [-0.4, -0.2) is 58.9 Å². The second-order valence-electron chi connectivity index (χ2n) is 5.08. The van der Waals surface area contributed by atoms with Gasteiger partial charge in [0.15, 0.2) is 0 Å². The van der Waals surface area contributed by atoms with Crippen LogP contribution >= 0.6 is 0 Å². The summed E-state index contributed by atoms with van der Waals surface area (Å²) in [6.07, 6.45) is 1.75. The molecule has 0 aromatic rings. The van der Waals surface area contributed by atoms with Crippen molar-refractivity contribution in [3.63, 3.8) is 0 Å². The predicted octanol–water partition coefficient (Wildman–Crippen LogP) is 0.958. The number of hydrogen-bond acceptors (Lipinski definition) is 3. The Balaban J connectivity index is 2.27. The van der Waals surface area contributed by atoms with E-state index in [0.29, 0.717) is 51.9 Å². The molecule has 1 aliphatic rings. The lowest BCUT2D eigenvalue weighted by Gasteiger charge is -2.19. The van der Waals surface area contributed by atoms with Gasteiger partial charge >= 0.3 is 5.97 Å². The highest BCUT2D eigenvalue weighted by atomic mass is 16.4. The van der Waals surface area contributed by atoms with E-state index in [2.05, 4.69) is 0 Å². The zero-order valence-electron chi connectivity index (χ0n) is 12.3. The summed E-state index contributed by atoms with van der Waals surface area (Å²) in [6, 6.07) is 0. The number of carboxylic acid groups (broad SMARTS) is 1. The van der Waals surface area contributed by atoms with Gasteiger partial charge in [-0.1, -0.05) is 0 Å². The highest BCUT2D eigenvalue weighted by Gasteiger charge is 2.30. The van der Waals surface area contributed by atoms with Crippen LogP contribution in [0.3, 0.4) is 0 Å². The first kappa shape index (κ1) is 16.5. The molecule has 6 heteroatoms. The van der Waals surface area contributed by atoms with E-state index < -0.39 is 11.9 Å². The minimum atomic E-state index is -0.836. The fourth-order valence-corrected chi connectivity index (χ4v) is 2.47. The summed E-state index contributed by atoms with van der Waals surface area (Å²) in [5.41, 5.74) is 0. The van der Waals surface area contributed by atoms with E-state index in [-0.39, 0.29) is 11.8 Å². The lowest BCUT2D eigenvalue weighted by atomic mass is 10.1. The highest BCUT2D eigenvalue weighted by Crippen LogP contribution is 2.17. The maximum absolute atomic E-state index is 11.9. The van der Waals surface area contributed by atoms with Gasteiger partial charge in [0.2, 0.25) is 11.8 Å². The highest BCUT2D eigenvalue weighted by molar-refractivity contribution is 5.80. The molecule has 0 aromatic heterocycles. The molecule has 1 atom stereocenters. The van der Waals surface area contributed by atoms with Crippen molar-refractivity contribution in [2.75, 3.05) is 26.2 Å². The predicted molar refractivity (Wildman–Crippen MR) is 74.1 cm³/mol. The second kappa shape index (κ2) is 7.87. The van der Waals surface area contributed by atoms with Gasteiger partial charge in [0.05, 0.1) is 5.92 Å². The van der Waals surface area contributed by atoms with Gasteiger partial charge in [-0.3, -0.25) is 14.4 Å². The van der Waals surface area contributed by atoms with Crippen LogP contribution in [0.1, 0.15) is 39.5 Å². The minimum Gasteiger partial charge on any atom is -0.481 e. The van der Waals surface area contributed by atoms with Crippen molar-refractivity contribution in [2.24, 2.45) is 5.92 Å². The third kappa shape index (κ3) is 4.51. The second-order valence-corrected chi connectivity index (χ2v) is 5.08. The average molecular weight is 284 g/mol. The third-order valence-corrected chi connectivity index (χ3v) is 3.79. The molecular formula is C14H24N2O4. The topological polar surface area (TPSA) is 77.9 Å². The van der Waals surface area contributed by atoms with Crippen LogP contribution in [0.4, 0.5) is 0 Å². The summed E-state index contributed by atoms with van der Waals surface area (Å²) < 4.78 is 0. The van der Waals surface area contributed by atoms with E-state index in [1.165, 1.54) is 0 Å². The zero-order valence-corrected chi connectivity index (χ0v) is 12.3. The Hall–Kier alpha value is -1.59. The molecule has 0 aliphatic carbocycles. The van der Waals surface area contributed by atoms with E-state index in [9.17, 15) is 14.4 Å². The lowest BCUT2D eigenvalue weighted by Crippen LogP contribution is -2.32. The van der Waals surface area contributed by atoms with Crippen molar-refractivity contribution in [2.45, 2.75) is 39.5 Å². The molecule has 2 amide bonds. The van der Waals surface area contributed by atoms with Gasteiger partial charge in [-0.15, -0.1) is 0 Å². The maximum Gasteiger partial charge on any atom is 0.308 e. The van der Waals surface area contributed by atoms with Crippen LogP contribution in [0.15, 0.2) is 0 Å². The number of carbonyl (C=O) groups is 3. The summed E-state index contributed by atoms with van der Waals surface area (Å²) >= 11 is 0. The lowest BCUT2D eigenvalue weighted by molar-refractivity contribution is -0.141. The van der Waals surface area contributed by atoms with Gasteiger partial charge in [0.1, 0.15) is 0 Å². The Bertz CT molecular complexity index is 366. The number of carboxylic acids is 1. The van der Waals surface area contributed by atoms with Crippen molar-refractivity contribution in [1.82, 2.24) is 9.80 Å². The third-order valence-electron chi connectivity index (χ3n) is 3.79. The number of nitrogens with zero attached hydrogens (tertiary/aromatic N) is 2. The molecule has 1 fully saturated rings. The Morgan fingerprint density at radius 3 is 2.35 bits per heavy atom. The van der Waals surface area contributed by atoms with E-state index >= 15 is 0 Å². The number of carbonyl (C=O) groups excluding carboxylic acids is 2. The molecule has 1 saturated heterocycles. The molecule has 20 heavy (non-hydrogen) atoms. The number of amides is 2. The molecule has 1 N–H and O–H groups in total. The first-order valence-corrected chi connectivity index (χ1v) is 7.27. The molecular weight excluding hydrogens is 260 g/mol. The SMILES string of the molecule is CCN(CC)C(=O)CCCC(=O)N1CCC(C(=O)O)C1. The van der Waals surface area contributed by atoms with E-state index in [0.717, 1.165) is 0 Å².